The molecule has 2 nitrogen and oxygen atoms in total. The fourth-order valence-electron chi connectivity index (χ4n) is 4.12. The highest BCUT2D eigenvalue weighted by Gasteiger charge is 2.71. The number of alkyl halides is 6. The van der Waals surface area contributed by atoms with Gasteiger partial charge >= 0.3 is 12.4 Å². The van der Waals surface area contributed by atoms with Gasteiger partial charge in [-0.1, -0.05) is 43.3 Å². The lowest BCUT2D eigenvalue weighted by Gasteiger charge is -2.34. The molecule has 2 aromatic carbocycles. The highest BCUT2D eigenvalue weighted by molar-refractivity contribution is 5.84. The van der Waals surface area contributed by atoms with Gasteiger partial charge in [0.05, 0.1) is 0 Å². The van der Waals surface area contributed by atoms with Gasteiger partial charge in [0.1, 0.15) is 11.6 Å². The van der Waals surface area contributed by atoms with Crippen molar-refractivity contribution in [1.29, 1.82) is 0 Å². The monoisotopic (exact) mass is 434 g/mol. The van der Waals surface area contributed by atoms with Crippen molar-refractivity contribution in [2.24, 2.45) is 0 Å². The van der Waals surface area contributed by atoms with Gasteiger partial charge in [0.25, 0.3) is 5.60 Å². The molecule has 1 N–H and O–H groups in total. The Labute approximate surface area is 167 Å². The number of ketones is 1. The van der Waals surface area contributed by atoms with Crippen LogP contribution < -0.4 is 0 Å². The van der Waals surface area contributed by atoms with Crippen molar-refractivity contribution in [3.05, 3.63) is 71.0 Å². The summed E-state index contributed by atoms with van der Waals surface area (Å²) in [4.78, 5) is 12.2. The summed E-state index contributed by atoms with van der Waals surface area (Å²) in [7, 11) is 0. The van der Waals surface area contributed by atoms with E-state index in [2.05, 4.69) is 0 Å². The fraction of sp³-hybridized carbons (Fsp3) is 0.381. The third-order valence-electron chi connectivity index (χ3n) is 5.82. The summed E-state index contributed by atoms with van der Waals surface area (Å²) < 4.78 is 91.7. The molecule has 3 rings (SSSR count). The molecule has 30 heavy (non-hydrogen) atoms. The summed E-state index contributed by atoms with van der Waals surface area (Å²) >= 11 is 0. The van der Waals surface area contributed by atoms with Crippen LogP contribution in [-0.2, 0) is 15.8 Å². The van der Waals surface area contributed by atoms with E-state index in [0.29, 0.717) is 23.3 Å². The first kappa shape index (κ1) is 22.3. The van der Waals surface area contributed by atoms with E-state index in [1.807, 2.05) is 0 Å². The van der Waals surface area contributed by atoms with Crippen LogP contribution in [-0.4, -0.2) is 23.2 Å². The number of benzene rings is 2. The van der Waals surface area contributed by atoms with Crippen LogP contribution in [0.2, 0.25) is 0 Å². The average molecular weight is 434 g/mol. The molecular formula is C21H17F7O2. The first-order valence-corrected chi connectivity index (χ1v) is 8.94. The predicted molar refractivity (Wildman–Crippen MR) is 93.2 cm³/mol. The topological polar surface area (TPSA) is 37.3 Å². The van der Waals surface area contributed by atoms with Crippen LogP contribution in [0.3, 0.4) is 0 Å². The number of Topliss-reactive ketones (excluding diaryl/α,β-unsaturated/α-hetero) is 1. The molecule has 1 aliphatic carbocycles. The van der Waals surface area contributed by atoms with E-state index in [0.717, 1.165) is 12.1 Å². The molecule has 1 saturated carbocycles. The Bertz CT molecular complexity index is 916. The van der Waals surface area contributed by atoms with E-state index in [9.17, 15) is 40.6 Å². The van der Waals surface area contributed by atoms with Crippen molar-refractivity contribution in [3.8, 4) is 0 Å². The molecule has 0 heterocycles. The molecule has 0 aliphatic heterocycles. The third kappa shape index (κ3) is 3.49. The van der Waals surface area contributed by atoms with E-state index < -0.39 is 40.7 Å². The first-order valence-electron chi connectivity index (χ1n) is 8.94. The van der Waals surface area contributed by atoms with Gasteiger partial charge in [0, 0.05) is 29.7 Å². The maximum atomic E-state index is 13.3. The minimum Gasteiger partial charge on any atom is -0.369 e. The molecule has 0 radical (unpaired) electrons. The number of carbonyl (C=O) groups excluding carboxylic acids is 1. The van der Waals surface area contributed by atoms with Crippen LogP contribution in [0.25, 0.3) is 0 Å². The Kier molecular flexibility index (Phi) is 5.25. The van der Waals surface area contributed by atoms with Crippen molar-refractivity contribution < 1.29 is 40.6 Å². The van der Waals surface area contributed by atoms with Gasteiger partial charge in [-0.2, -0.15) is 26.3 Å². The zero-order valence-corrected chi connectivity index (χ0v) is 15.6. The van der Waals surface area contributed by atoms with Crippen LogP contribution in [0.4, 0.5) is 30.7 Å². The highest BCUT2D eigenvalue weighted by Crippen LogP contribution is 2.52. The summed E-state index contributed by atoms with van der Waals surface area (Å²) in [6.45, 7) is 1.74. The summed E-state index contributed by atoms with van der Waals surface area (Å²) in [5.74, 6) is -1.14. The van der Waals surface area contributed by atoms with Crippen molar-refractivity contribution in [3.63, 3.8) is 0 Å². The standard InChI is InChI=1S/C21H17F7O2/c1-18(13-6-8-15(22)9-7-13)11-16(29)10-17(18)12-2-4-14(5-3-12)19(30,20(23,24)25)21(26,27)28/h2-9,17,30H,10-11H2,1H3/t17-,18+/m0/s1. The molecular weight excluding hydrogens is 417 g/mol. The molecule has 1 aliphatic rings. The number of halogens is 7. The normalized spacial score (nSPS) is 23.1. The predicted octanol–water partition coefficient (Wildman–Crippen LogP) is 5.54. The van der Waals surface area contributed by atoms with Gasteiger partial charge in [-0.15, -0.1) is 0 Å². The van der Waals surface area contributed by atoms with E-state index in [-0.39, 0.29) is 18.6 Å². The van der Waals surface area contributed by atoms with Crippen LogP contribution >= 0.6 is 0 Å². The fourth-order valence-corrected chi connectivity index (χ4v) is 4.12. The second-order valence-electron chi connectivity index (χ2n) is 7.72. The highest BCUT2D eigenvalue weighted by atomic mass is 19.4. The summed E-state index contributed by atoms with van der Waals surface area (Å²) in [5.41, 5.74) is -6.20. The SMILES string of the molecule is C[C@]1(c2ccc(F)cc2)CC(=O)C[C@H]1c1ccc(C(O)(C(F)(F)F)C(F)(F)F)cc1. The molecule has 162 valence electrons. The molecule has 0 aromatic heterocycles. The lowest BCUT2D eigenvalue weighted by molar-refractivity contribution is -0.376. The van der Waals surface area contributed by atoms with Gasteiger partial charge < -0.3 is 5.11 Å². The van der Waals surface area contributed by atoms with Gasteiger partial charge in [-0.05, 0) is 23.3 Å². The quantitative estimate of drug-likeness (QED) is 0.644. The summed E-state index contributed by atoms with van der Waals surface area (Å²) in [6, 6.07) is 8.70. The lowest BCUT2D eigenvalue weighted by atomic mass is 9.71. The van der Waals surface area contributed by atoms with Crippen LogP contribution in [0, 0.1) is 5.82 Å². The Hall–Kier alpha value is -2.42. The largest absolute Gasteiger partial charge is 0.430 e. The molecule has 2 aromatic rings. The average Bonchev–Trinajstić information content (AvgIpc) is 2.95. The third-order valence-corrected chi connectivity index (χ3v) is 5.82. The van der Waals surface area contributed by atoms with Gasteiger partial charge in [-0.3, -0.25) is 4.79 Å². The minimum atomic E-state index is -5.97. The molecule has 0 unspecified atom stereocenters. The smallest absolute Gasteiger partial charge is 0.369 e. The molecule has 0 saturated heterocycles. The Morgan fingerprint density at radius 3 is 1.87 bits per heavy atom. The molecule has 9 heteroatoms. The number of hydrogen-bond donors (Lipinski definition) is 1. The Morgan fingerprint density at radius 2 is 1.40 bits per heavy atom. The maximum Gasteiger partial charge on any atom is 0.430 e. The van der Waals surface area contributed by atoms with E-state index in [4.69, 9.17) is 0 Å². The second kappa shape index (κ2) is 7.08. The maximum absolute atomic E-state index is 13.3. The zero-order valence-electron chi connectivity index (χ0n) is 15.6. The number of carbonyl (C=O) groups is 1. The van der Waals surface area contributed by atoms with Crippen molar-refractivity contribution in [2.45, 2.75) is 49.1 Å². The van der Waals surface area contributed by atoms with Gasteiger partial charge in [0.2, 0.25) is 0 Å². The van der Waals surface area contributed by atoms with Gasteiger partial charge in [0.15, 0.2) is 0 Å². The van der Waals surface area contributed by atoms with Crippen molar-refractivity contribution in [2.75, 3.05) is 0 Å². The molecule has 0 bridgehead atoms. The number of aliphatic hydroxyl groups is 1. The molecule has 2 atom stereocenters. The minimum absolute atomic E-state index is 0.0377. The lowest BCUT2D eigenvalue weighted by Crippen LogP contribution is -2.53. The van der Waals surface area contributed by atoms with E-state index in [1.54, 1.807) is 6.92 Å². The van der Waals surface area contributed by atoms with Crippen LogP contribution in [0.1, 0.15) is 42.4 Å². The second-order valence-corrected chi connectivity index (χ2v) is 7.72. The van der Waals surface area contributed by atoms with Gasteiger partial charge in [-0.25, -0.2) is 4.39 Å². The van der Waals surface area contributed by atoms with Crippen molar-refractivity contribution >= 4 is 5.78 Å². The van der Waals surface area contributed by atoms with Crippen LogP contribution in [0.15, 0.2) is 48.5 Å². The van der Waals surface area contributed by atoms with Crippen molar-refractivity contribution in [1.82, 2.24) is 0 Å². The summed E-state index contributed by atoms with van der Waals surface area (Å²) in [6.07, 6.45) is -11.8. The molecule has 0 spiro atoms. The Balaban J connectivity index is 2.02. The van der Waals surface area contributed by atoms with Crippen LogP contribution in [0.5, 0.6) is 0 Å². The first-order chi connectivity index (χ1) is 13.7. The zero-order chi connectivity index (χ0) is 22.5. The number of rotatable bonds is 3. The Morgan fingerprint density at radius 1 is 0.900 bits per heavy atom. The van der Waals surface area contributed by atoms with E-state index in [1.165, 1.54) is 24.3 Å². The summed E-state index contributed by atoms with van der Waals surface area (Å²) in [5, 5.41) is 9.52. The van der Waals surface area contributed by atoms with E-state index >= 15 is 0 Å². The molecule has 0 amide bonds. The number of hydrogen-bond acceptors (Lipinski definition) is 2. The molecule has 1 fully saturated rings.